The fraction of sp³-hybridized carbons (Fsp3) is 0.562. The molecule has 1 aliphatic carbocycles. The molecule has 0 spiro atoms. The van der Waals surface area contributed by atoms with Crippen molar-refractivity contribution in [3.05, 3.63) is 35.4 Å². The van der Waals surface area contributed by atoms with Crippen molar-refractivity contribution in [2.75, 3.05) is 0 Å². The lowest BCUT2D eigenvalue weighted by Crippen LogP contribution is -2.47. The predicted molar refractivity (Wildman–Crippen MR) is 77.9 cm³/mol. The summed E-state index contributed by atoms with van der Waals surface area (Å²) in [7, 11) is 0. The van der Waals surface area contributed by atoms with E-state index in [-0.39, 0.29) is 18.0 Å². The Kier molecular flexibility index (Phi) is 4.97. The number of carbonyl (C=O) groups excluding carboxylic acids is 1. The molecular weight excluding hydrogens is 236 g/mol. The maximum atomic E-state index is 12.1. The van der Waals surface area contributed by atoms with Crippen LogP contribution in [0.25, 0.3) is 0 Å². The van der Waals surface area contributed by atoms with Crippen molar-refractivity contribution in [1.29, 1.82) is 0 Å². The average Bonchev–Trinajstić information content (AvgIpc) is 2.55. The lowest BCUT2D eigenvalue weighted by Gasteiger charge is -2.22. The number of rotatable bonds is 3. The van der Waals surface area contributed by atoms with E-state index in [1.165, 1.54) is 24.8 Å². The quantitative estimate of drug-likeness (QED) is 0.819. The third-order valence-corrected chi connectivity index (χ3v) is 3.86. The molecule has 3 nitrogen and oxygen atoms in total. The van der Waals surface area contributed by atoms with E-state index in [4.69, 9.17) is 5.73 Å². The Labute approximate surface area is 115 Å². The fourth-order valence-corrected chi connectivity index (χ4v) is 2.78. The van der Waals surface area contributed by atoms with Crippen LogP contribution in [0.4, 0.5) is 0 Å². The molecule has 0 heterocycles. The van der Waals surface area contributed by atoms with Crippen molar-refractivity contribution in [3.63, 3.8) is 0 Å². The van der Waals surface area contributed by atoms with E-state index in [1.807, 2.05) is 25.1 Å². The van der Waals surface area contributed by atoms with Gasteiger partial charge in [-0.2, -0.15) is 0 Å². The zero-order valence-corrected chi connectivity index (χ0v) is 11.7. The molecule has 1 aromatic rings. The van der Waals surface area contributed by atoms with E-state index in [9.17, 15) is 4.79 Å². The minimum atomic E-state index is 0.0907. The first-order valence-corrected chi connectivity index (χ1v) is 7.25. The van der Waals surface area contributed by atoms with Gasteiger partial charge < -0.3 is 11.1 Å². The van der Waals surface area contributed by atoms with Crippen molar-refractivity contribution in [1.82, 2.24) is 5.32 Å². The molecule has 0 aromatic heterocycles. The Morgan fingerprint density at radius 2 is 2.11 bits per heavy atom. The molecular formula is C16H24N2O. The van der Waals surface area contributed by atoms with E-state index in [0.29, 0.717) is 6.42 Å². The molecule has 3 N–H and O–H groups in total. The van der Waals surface area contributed by atoms with Crippen LogP contribution in [0.2, 0.25) is 0 Å². The first-order chi connectivity index (χ1) is 9.15. The van der Waals surface area contributed by atoms with Crippen molar-refractivity contribution in [2.24, 2.45) is 5.73 Å². The van der Waals surface area contributed by atoms with E-state index >= 15 is 0 Å². The fourth-order valence-electron chi connectivity index (χ4n) is 2.78. The number of hydrogen-bond donors (Lipinski definition) is 2. The molecule has 1 saturated carbocycles. The zero-order chi connectivity index (χ0) is 13.7. The Hall–Kier alpha value is -1.35. The summed E-state index contributed by atoms with van der Waals surface area (Å²) < 4.78 is 0. The van der Waals surface area contributed by atoms with Crippen LogP contribution >= 0.6 is 0 Å². The Morgan fingerprint density at radius 3 is 2.89 bits per heavy atom. The summed E-state index contributed by atoms with van der Waals surface area (Å²) in [5, 5.41) is 3.11. The first kappa shape index (κ1) is 14.1. The van der Waals surface area contributed by atoms with Gasteiger partial charge >= 0.3 is 0 Å². The number of nitrogens with two attached hydrogens (primary N) is 1. The molecule has 3 heteroatoms. The summed E-state index contributed by atoms with van der Waals surface area (Å²) in [6.45, 7) is 2.04. The molecule has 2 rings (SSSR count). The normalized spacial score (nSPS) is 23.7. The number of hydrogen-bond acceptors (Lipinski definition) is 2. The smallest absolute Gasteiger partial charge is 0.224 e. The molecule has 1 amide bonds. The van der Waals surface area contributed by atoms with Gasteiger partial charge in [-0.3, -0.25) is 4.79 Å². The number of aryl methyl sites for hydroxylation is 1. The highest BCUT2D eigenvalue weighted by Gasteiger charge is 2.21. The molecule has 1 aromatic carbocycles. The molecule has 0 saturated heterocycles. The number of carbonyl (C=O) groups is 1. The van der Waals surface area contributed by atoms with Crippen LogP contribution in [0, 0.1) is 6.92 Å². The molecule has 2 unspecified atom stereocenters. The molecule has 0 aliphatic heterocycles. The summed E-state index contributed by atoms with van der Waals surface area (Å²) in [5.41, 5.74) is 8.39. The largest absolute Gasteiger partial charge is 0.352 e. The van der Waals surface area contributed by atoms with Gasteiger partial charge in [0.15, 0.2) is 0 Å². The highest BCUT2D eigenvalue weighted by atomic mass is 16.1. The topological polar surface area (TPSA) is 55.1 Å². The van der Waals surface area contributed by atoms with E-state index < -0.39 is 0 Å². The summed E-state index contributed by atoms with van der Waals surface area (Å²) >= 11 is 0. The summed E-state index contributed by atoms with van der Waals surface area (Å²) in [5.74, 6) is 0.0907. The lowest BCUT2D eigenvalue weighted by atomic mass is 10.0. The predicted octanol–water partition coefficient (Wildman–Crippen LogP) is 2.31. The maximum Gasteiger partial charge on any atom is 0.224 e. The van der Waals surface area contributed by atoms with Gasteiger partial charge in [0.1, 0.15) is 0 Å². The van der Waals surface area contributed by atoms with Crippen LogP contribution in [0.1, 0.15) is 43.2 Å². The Morgan fingerprint density at radius 1 is 1.32 bits per heavy atom. The molecule has 1 fully saturated rings. The van der Waals surface area contributed by atoms with Crippen molar-refractivity contribution >= 4 is 5.91 Å². The van der Waals surface area contributed by atoms with Gasteiger partial charge in [0, 0.05) is 12.1 Å². The van der Waals surface area contributed by atoms with E-state index in [0.717, 1.165) is 18.4 Å². The Balaban J connectivity index is 1.89. The van der Waals surface area contributed by atoms with Crippen LogP contribution < -0.4 is 11.1 Å². The summed E-state index contributed by atoms with van der Waals surface area (Å²) in [4.78, 5) is 12.1. The van der Waals surface area contributed by atoms with Crippen LogP contribution in [0.5, 0.6) is 0 Å². The van der Waals surface area contributed by atoms with Crippen molar-refractivity contribution < 1.29 is 4.79 Å². The molecule has 0 bridgehead atoms. The second kappa shape index (κ2) is 6.71. The zero-order valence-electron chi connectivity index (χ0n) is 11.7. The second-order valence-corrected chi connectivity index (χ2v) is 5.64. The van der Waals surface area contributed by atoms with Crippen molar-refractivity contribution in [2.45, 2.75) is 57.5 Å². The molecule has 2 atom stereocenters. The average molecular weight is 260 g/mol. The standard InChI is InChI=1S/C16H24N2O/c1-12-6-5-7-13(10-12)11-16(19)18-15-9-4-2-3-8-14(15)17/h5-7,10,14-15H,2-4,8-9,11,17H2,1H3,(H,18,19). The minimum absolute atomic E-state index is 0.0907. The SMILES string of the molecule is Cc1cccc(CC(=O)NC2CCCCCC2N)c1. The first-order valence-electron chi connectivity index (χ1n) is 7.25. The highest BCUT2D eigenvalue weighted by Crippen LogP contribution is 2.17. The molecule has 104 valence electrons. The van der Waals surface area contributed by atoms with Gasteiger partial charge in [-0.15, -0.1) is 0 Å². The Bertz CT molecular complexity index is 431. The van der Waals surface area contributed by atoms with Crippen LogP contribution in [-0.4, -0.2) is 18.0 Å². The van der Waals surface area contributed by atoms with Crippen molar-refractivity contribution in [3.8, 4) is 0 Å². The molecule has 0 radical (unpaired) electrons. The number of benzene rings is 1. The minimum Gasteiger partial charge on any atom is -0.352 e. The van der Waals surface area contributed by atoms with Gasteiger partial charge in [0.05, 0.1) is 6.42 Å². The molecule has 19 heavy (non-hydrogen) atoms. The molecule has 1 aliphatic rings. The number of nitrogens with one attached hydrogen (secondary N) is 1. The maximum absolute atomic E-state index is 12.1. The van der Waals surface area contributed by atoms with Crippen LogP contribution in [-0.2, 0) is 11.2 Å². The monoisotopic (exact) mass is 260 g/mol. The van der Waals surface area contributed by atoms with Gasteiger partial charge in [0.25, 0.3) is 0 Å². The van der Waals surface area contributed by atoms with Gasteiger partial charge in [-0.05, 0) is 25.3 Å². The van der Waals surface area contributed by atoms with Gasteiger partial charge in [-0.1, -0.05) is 49.1 Å². The third kappa shape index (κ3) is 4.35. The van der Waals surface area contributed by atoms with E-state index in [1.54, 1.807) is 0 Å². The van der Waals surface area contributed by atoms with E-state index in [2.05, 4.69) is 11.4 Å². The highest BCUT2D eigenvalue weighted by molar-refractivity contribution is 5.79. The van der Waals surface area contributed by atoms with Gasteiger partial charge in [-0.25, -0.2) is 0 Å². The summed E-state index contributed by atoms with van der Waals surface area (Å²) in [6.07, 6.45) is 6.08. The van der Waals surface area contributed by atoms with Crippen LogP contribution in [0.15, 0.2) is 24.3 Å². The second-order valence-electron chi connectivity index (χ2n) is 5.64. The van der Waals surface area contributed by atoms with Gasteiger partial charge in [0.2, 0.25) is 5.91 Å². The summed E-state index contributed by atoms with van der Waals surface area (Å²) in [6, 6.07) is 8.37. The lowest BCUT2D eigenvalue weighted by molar-refractivity contribution is -0.121. The van der Waals surface area contributed by atoms with Crippen LogP contribution in [0.3, 0.4) is 0 Å². The number of amides is 1. The third-order valence-electron chi connectivity index (χ3n) is 3.86.